The molecule has 2 atom stereocenters. The molecule has 0 bridgehead atoms. The van der Waals surface area contributed by atoms with Crippen LogP contribution < -0.4 is 10.4 Å². The van der Waals surface area contributed by atoms with Gasteiger partial charge in [0.2, 0.25) is 0 Å². The van der Waals surface area contributed by atoms with Gasteiger partial charge in [-0.15, -0.1) is 0 Å². The lowest BCUT2D eigenvalue weighted by Gasteiger charge is -2.36. The van der Waals surface area contributed by atoms with Gasteiger partial charge in [-0.25, -0.2) is 4.79 Å². The fourth-order valence-corrected chi connectivity index (χ4v) is 3.81. The second kappa shape index (κ2) is 7.58. The minimum atomic E-state index is -0.116. The lowest BCUT2D eigenvalue weighted by atomic mass is 10.1. The van der Waals surface area contributed by atoms with Crippen LogP contribution in [0, 0.1) is 0 Å². The minimum Gasteiger partial charge on any atom is -0.497 e. The molecule has 0 aliphatic carbocycles. The highest BCUT2D eigenvalue weighted by atomic mass is 16.5. The molecule has 3 aromatic rings. The number of aromatic amines is 1. The Morgan fingerprint density at radius 2 is 2.07 bits per heavy atom. The van der Waals surface area contributed by atoms with Gasteiger partial charge in [0.05, 0.1) is 36.9 Å². The lowest BCUT2D eigenvalue weighted by Crippen LogP contribution is -2.46. The first-order valence-corrected chi connectivity index (χ1v) is 9.32. The number of hydrogen-bond acceptors (Lipinski definition) is 4. The summed E-state index contributed by atoms with van der Waals surface area (Å²) in [4.78, 5) is 17.9. The van der Waals surface area contributed by atoms with Crippen LogP contribution in [0.1, 0.15) is 18.5 Å². The maximum atomic E-state index is 12.6. The number of nitrogens with zero attached hydrogens (tertiary/aromatic N) is 2. The molecule has 0 spiro atoms. The summed E-state index contributed by atoms with van der Waals surface area (Å²) >= 11 is 0. The molecule has 1 saturated heterocycles. The van der Waals surface area contributed by atoms with Crippen molar-refractivity contribution in [2.24, 2.45) is 0 Å². The maximum Gasteiger partial charge on any atom is 0.326 e. The SMILES string of the molecule is COc1ccc2[nH]c(=O)n(C(C)C3CN(Cc4ccccc4)CCO3)c2c1. The topological polar surface area (TPSA) is 59.5 Å². The van der Waals surface area contributed by atoms with E-state index < -0.39 is 0 Å². The van der Waals surface area contributed by atoms with Crippen LogP contribution in [0.3, 0.4) is 0 Å². The zero-order valence-electron chi connectivity index (χ0n) is 15.7. The molecular weight excluding hydrogens is 342 g/mol. The Balaban J connectivity index is 1.57. The second-order valence-electron chi connectivity index (χ2n) is 7.05. The number of fused-ring (bicyclic) bond motifs is 1. The van der Waals surface area contributed by atoms with Crippen LogP contribution in [0.25, 0.3) is 11.0 Å². The summed E-state index contributed by atoms with van der Waals surface area (Å²) in [7, 11) is 1.63. The van der Waals surface area contributed by atoms with Gasteiger partial charge in [0.1, 0.15) is 5.75 Å². The van der Waals surface area contributed by atoms with Crippen LogP contribution in [0.4, 0.5) is 0 Å². The predicted molar refractivity (Wildman–Crippen MR) is 105 cm³/mol. The molecule has 27 heavy (non-hydrogen) atoms. The van der Waals surface area contributed by atoms with Crippen molar-refractivity contribution in [1.82, 2.24) is 14.5 Å². The first-order valence-electron chi connectivity index (χ1n) is 9.32. The van der Waals surface area contributed by atoms with Crippen molar-refractivity contribution in [1.29, 1.82) is 0 Å². The number of morpholine rings is 1. The first-order chi connectivity index (χ1) is 13.2. The molecule has 6 heteroatoms. The second-order valence-corrected chi connectivity index (χ2v) is 7.05. The van der Waals surface area contributed by atoms with E-state index >= 15 is 0 Å². The Hall–Kier alpha value is -2.57. The molecule has 0 saturated carbocycles. The molecule has 1 fully saturated rings. The number of methoxy groups -OCH3 is 1. The Labute approximate surface area is 158 Å². The fourth-order valence-electron chi connectivity index (χ4n) is 3.81. The van der Waals surface area contributed by atoms with Gasteiger partial charge in [0.15, 0.2) is 0 Å². The van der Waals surface area contributed by atoms with E-state index in [1.807, 2.05) is 31.2 Å². The van der Waals surface area contributed by atoms with Gasteiger partial charge in [-0.2, -0.15) is 0 Å². The molecule has 1 aliphatic rings. The van der Waals surface area contributed by atoms with Gasteiger partial charge < -0.3 is 14.5 Å². The standard InChI is InChI=1S/C21H25N3O3/c1-15(24-19-12-17(26-2)8-9-18(19)22-21(24)25)20-14-23(10-11-27-20)13-16-6-4-3-5-7-16/h3-9,12,15,20H,10-11,13-14H2,1-2H3,(H,22,25). The van der Waals surface area contributed by atoms with Crippen molar-refractivity contribution < 1.29 is 9.47 Å². The average Bonchev–Trinajstić information content (AvgIpc) is 3.03. The van der Waals surface area contributed by atoms with Crippen molar-refractivity contribution in [3.05, 3.63) is 64.6 Å². The highest BCUT2D eigenvalue weighted by Gasteiger charge is 2.28. The average molecular weight is 367 g/mol. The van der Waals surface area contributed by atoms with Crippen molar-refractivity contribution in [3.8, 4) is 5.75 Å². The normalized spacial score (nSPS) is 19.3. The molecule has 2 aromatic carbocycles. The van der Waals surface area contributed by atoms with Crippen LogP contribution >= 0.6 is 0 Å². The summed E-state index contributed by atoms with van der Waals surface area (Å²) < 4.78 is 13.2. The molecule has 2 unspecified atom stereocenters. The quantitative estimate of drug-likeness (QED) is 0.753. The van der Waals surface area contributed by atoms with Crippen LogP contribution in [0.15, 0.2) is 53.3 Å². The first kappa shape index (κ1) is 17.8. The third-order valence-corrected chi connectivity index (χ3v) is 5.30. The Bertz CT molecular complexity index is 964. The van der Waals surface area contributed by atoms with E-state index in [-0.39, 0.29) is 17.8 Å². The number of aromatic nitrogens is 2. The van der Waals surface area contributed by atoms with E-state index in [4.69, 9.17) is 9.47 Å². The van der Waals surface area contributed by atoms with Crippen LogP contribution in [0.5, 0.6) is 5.75 Å². The minimum absolute atomic E-state index is 0.0506. The molecule has 6 nitrogen and oxygen atoms in total. The molecule has 1 N–H and O–H groups in total. The van der Waals surface area contributed by atoms with Gasteiger partial charge in [0.25, 0.3) is 0 Å². The zero-order valence-corrected chi connectivity index (χ0v) is 15.7. The van der Waals surface area contributed by atoms with E-state index in [9.17, 15) is 4.79 Å². The highest BCUT2D eigenvalue weighted by molar-refractivity contribution is 5.77. The molecule has 0 amide bonds. The van der Waals surface area contributed by atoms with E-state index in [1.54, 1.807) is 11.7 Å². The zero-order chi connectivity index (χ0) is 18.8. The largest absolute Gasteiger partial charge is 0.497 e. The monoisotopic (exact) mass is 367 g/mol. The van der Waals surface area contributed by atoms with Crippen molar-refractivity contribution in [2.45, 2.75) is 25.6 Å². The summed E-state index contributed by atoms with van der Waals surface area (Å²) in [5, 5.41) is 0. The number of H-pyrrole nitrogens is 1. The molecule has 1 aliphatic heterocycles. The fraction of sp³-hybridized carbons (Fsp3) is 0.381. The number of hydrogen-bond donors (Lipinski definition) is 1. The number of imidazole rings is 1. The van der Waals surface area contributed by atoms with Gasteiger partial charge in [-0.05, 0) is 24.6 Å². The van der Waals surface area contributed by atoms with Gasteiger partial charge in [-0.3, -0.25) is 9.47 Å². The summed E-state index contributed by atoms with van der Waals surface area (Å²) in [5.41, 5.74) is 2.83. The Kier molecular flexibility index (Phi) is 5.01. The smallest absolute Gasteiger partial charge is 0.326 e. The number of rotatable bonds is 5. The molecular formula is C21H25N3O3. The maximum absolute atomic E-state index is 12.6. The van der Waals surface area contributed by atoms with Crippen LogP contribution in [-0.4, -0.2) is 47.4 Å². The number of benzene rings is 2. The number of ether oxygens (including phenoxy) is 2. The molecule has 0 radical (unpaired) electrons. The predicted octanol–water partition coefficient (Wildman–Crippen LogP) is 2.80. The molecule has 4 rings (SSSR count). The molecule has 2 heterocycles. The summed E-state index contributed by atoms with van der Waals surface area (Å²) in [5.74, 6) is 0.734. The van der Waals surface area contributed by atoms with Gasteiger partial charge >= 0.3 is 5.69 Å². The van der Waals surface area contributed by atoms with Gasteiger partial charge in [-0.1, -0.05) is 30.3 Å². The van der Waals surface area contributed by atoms with E-state index in [0.29, 0.717) is 6.61 Å². The van der Waals surface area contributed by atoms with Crippen molar-refractivity contribution >= 4 is 11.0 Å². The summed E-state index contributed by atoms with van der Waals surface area (Å²) in [6, 6.07) is 16.0. The number of nitrogens with one attached hydrogen (secondary N) is 1. The molecule has 1 aromatic heterocycles. The van der Waals surface area contributed by atoms with E-state index in [0.717, 1.165) is 36.4 Å². The van der Waals surface area contributed by atoms with Gasteiger partial charge in [0, 0.05) is 25.7 Å². The highest BCUT2D eigenvalue weighted by Crippen LogP contribution is 2.25. The Morgan fingerprint density at radius 1 is 1.26 bits per heavy atom. The van der Waals surface area contributed by atoms with E-state index in [1.165, 1.54) is 5.56 Å². The Morgan fingerprint density at radius 3 is 2.85 bits per heavy atom. The van der Waals surface area contributed by atoms with E-state index in [2.05, 4.69) is 34.1 Å². The van der Waals surface area contributed by atoms with Crippen molar-refractivity contribution in [3.63, 3.8) is 0 Å². The summed E-state index contributed by atoms with van der Waals surface area (Å²) in [6.07, 6.45) is -0.0506. The third kappa shape index (κ3) is 3.63. The van der Waals surface area contributed by atoms with Crippen LogP contribution in [0.2, 0.25) is 0 Å². The summed E-state index contributed by atoms with van der Waals surface area (Å²) in [6.45, 7) is 5.30. The lowest BCUT2D eigenvalue weighted by molar-refractivity contribution is -0.0529. The van der Waals surface area contributed by atoms with Crippen LogP contribution in [-0.2, 0) is 11.3 Å². The third-order valence-electron chi connectivity index (χ3n) is 5.30. The molecule has 142 valence electrons. The van der Waals surface area contributed by atoms with Crippen molar-refractivity contribution in [2.75, 3.05) is 26.8 Å².